The Morgan fingerprint density at radius 2 is 1.42 bits per heavy atom. The Morgan fingerprint density at radius 3 is 1.89 bits per heavy atom. The summed E-state index contributed by atoms with van der Waals surface area (Å²) in [5, 5.41) is 3.23. The Hall–Kier alpha value is -1.52. The molecule has 0 unspecified atom stereocenters. The minimum absolute atomic E-state index is 0.0874. The Labute approximate surface area is 117 Å². The summed E-state index contributed by atoms with van der Waals surface area (Å²) >= 11 is 1.69. The Morgan fingerprint density at radius 1 is 0.895 bits per heavy atom. The van der Waals surface area contributed by atoms with Gasteiger partial charge in [-0.3, -0.25) is 4.79 Å². The molecule has 0 aromatic heterocycles. The van der Waals surface area contributed by atoms with Crippen LogP contribution in [0.5, 0.6) is 0 Å². The second-order valence-electron chi connectivity index (χ2n) is 4.53. The van der Waals surface area contributed by atoms with Crippen molar-refractivity contribution in [2.24, 2.45) is 0 Å². The first-order valence-electron chi connectivity index (χ1n) is 6.22. The summed E-state index contributed by atoms with van der Waals surface area (Å²) in [6.07, 6.45) is 0. The summed E-state index contributed by atoms with van der Waals surface area (Å²) in [5.74, 6) is 0.379. The molecule has 1 aliphatic heterocycles. The van der Waals surface area contributed by atoms with Crippen molar-refractivity contribution in [3.8, 4) is 0 Å². The molecular formula is C15H14O2SSi. The molecule has 4 heteroatoms. The molecule has 2 aromatic rings. The van der Waals surface area contributed by atoms with Crippen LogP contribution in [-0.2, 0) is 9.22 Å². The minimum atomic E-state index is -2.38. The van der Waals surface area contributed by atoms with Gasteiger partial charge in [-0.1, -0.05) is 60.7 Å². The highest BCUT2D eigenvalue weighted by Gasteiger charge is 2.45. The van der Waals surface area contributed by atoms with Gasteiger partial charge in [0.2, 0.25) is 0 Å². The van der Waals surface area contributed by atoms with Gasteiger partial charge in [-0.05, 0) is 10.4 Å². The predicted octanol–water partition coefficient (Wildman–Crippen LogP) is 1.58. The predicted molar refractivity (Wildman–Crippen MR) is 81.3 cm³/mol. The van der Waals surface area contributed by atoms with Crippen molar-refractivity contribution >= 4 is 36.4 Å². The van der Waals surface area contributed by atoms with Crippen LogP contribution in [0.3, 0.4) is 0 Å². The van der Waals surface area contributed by atoms with Crippen molar-refractivity contribution in [2.75, 3.05) is 11.1 Å². The second kappa shape index (κ2) is 5.23. The van der Waals surface area contributed by atoms with Crippen LogP contribution < -0.4 is 10.4 Å². The van der Waals surface area contributed by atoms with E-state index in [0.717, 1.165) is 5.38 Å². The summed E-state index contributed by atoms with van der Waals surface area (Å²) in [6, 6.07) is 20.4. The average Bonchev–Trinajstić information content (AvgIpc) is 2.49. The first-order chi connectivity index (χ1) is 9.31. The van der Waals surface area contributed by atoms with E-state index in [0.29, 0.717) is 5.75 Å². The van der Waals surface area contributed by atoms with Gasteiger partial charge in [-0.2, -0.15) is 0 Å². The Balaban J connectivity index is 2.13. The van der Waals surface area contributed by atoms with Crippen molar-refractivity contribution in [3.63, 3.8) is 0 Å². The maximum Gasteiger partial charge on any atom is 0.328 e. The smallest absolute Gasteiger partial charge is 0.328 e. The van der Waals surface area contributed by atoms with E-state index < -0.39 is 8.32 Å². The van der Waals surface area contributed by atoms with Crippen molar-refractivity contribution in [1.29, 1.82) is 0 Å². The summed E-state index contributed by atoms with van der Waals surface area (Å²) in [6.45, 7) is 0. The monoisotopic (exact) mass is 286 g/mol. The van der Waals surface area contributed by atoms with Gasteiger partial charge in [0.25, 0.3) is 0 Å². The molecule has 0 saturated carbocycles. The number of carbonyl (C=O) groups excluding carboxylic acids is 1. The van der Waals surface area contributed by atoms with E-state index in [-0.39, 0.29) is 5.97 Å². The standard InChI is InChI=1S/C15H14O2SSi/c16-15-11-18-12-19(17-15,13-7-3-1-4-8-13)14-9-5-2-6-10-14/h1-10H,11-12H2. The highest BCUT2D eigenvalue weighted by atomic mass is 32.2. The molecular weight excluding hydrogens is 272 g/mol. The number of hydrogen-bond donors (Lipinski definition) is 0. The molecule has 19 heavy (non-hydrogen) atoms. The van der Waals surface area contributed by atoms with Gasteiger partial charge in [0.15, 0.2) is 0 Å². The second-order valence-corrected chi connectivity index (χ2v) is 9.39. The van der Waals surface area contributed by atoms with Crippen LogP contribution >= 0.6 is 11.8 Å². The molecule has 2 nitrogen and oxygen atoms in total. The number of benzene rings is 2. The minimum Gasteiger partial charge on any atom is -0.509 e. The van der Waals surface area contributed by atoms with Crippen LogP contribution in [-0.4, -0.2) is 25.4 Å². The van der Waals surface area contributed by atoms with Crippen molar-refractivity contribution in [2.45, 2.75) is 0 Å². The summed E-state index contributed by atoms with van der Waals surface area (Å²) in [4.78, 5) is 11.8. The van der Waals surface area contributed by atoms with Crippen molar-refractivity contribution < 1.29 is 9.22 Å². The summed E-state index contributed by atoms with van der Waals surface area (Å²) in [5.41, 5.74) is 0. The fraction of sp³-hybridized carbons (Fsp3) is 0.133. The van der Waals surface area contributed by atoms with E-state index >= 15 is 0 Å². The first-order valence-corrected chi connectivity index (χ1v) is 9.49. The molecule has 96 valence electrons. The largest absolute Gasteiger partial charge is 0.509 e. The number of thioether (sulfide) groups is 1. The lowest BCUT2D eigenvalue weighted by atomic mass is 10.4. The lowest BCUT2D eigenvalue weighted by Crippen LogP contribution is -2.66. The quantitative estimate of drug-likeness (QED) is 0.784. The average molecular weight is 286 g/mol. The van der Waals surface area contributed by atoms with Gasteiger partial charge in [-0.25, -0.2) is 0 Å². The molecule has 1 fully saturated rings. The third-order valence-corrected chi connectivity index (χ3v) is 9.28. The zero-order chi connectivity index (χ0) is 13.1. The van der Waals surface area contributed by atoms with Gasteiger partial charge >= 0.3 is 14.3 Å². The SMILES string of the molecule is O=C1CSC[Si](c2ccccc2)(c2ccccc2)O1. The maximum atomic E-state index is 11.8. The molecule has 0 atom stereocenters. The zero-order valence-corrected chi connectivity index (χ0v) is 12.2. The van der Waals surface area contributed by atoms with Crippen molar-refractivity contribution in [1.82, 2.24) is 0 Å². The third kappa shape index (κ3) is 2.33. The van der Waals surface area contributed by atoms with Gasteiger partial charge in [0.1, 0.15) is 0 Å². The van der Waals surface area contributed by atoms with Crippen LogP contribution in [0.4, 0.5) is 0 Å². The molecule has 0 amide bonds. The summed E-state index contributed by atoms with van der Waals surface area (Å²) < 4.78 is 5.93. The van der Waals surface area contributed by atoms with Crippen LogP contribution in [0.15, 0.2) is 60.7 Å². The molecule has 1 heterocycles. The lowest BCUT2D eigenvalue weighted by Gasteiger charge is -2.34. The number of hydrogen-bond acceptors (Lipinski definition) is 3. The van der Waals surface area contributed by atoms with E-state index in [1.807, 2.05) is 36.4 Å². The normalized spacial score (nSPS) is 17.8. The van der Waals surface area contributed by atoms with Gasteiger partial charge < -0.3 is 4.43 Å². The van der Waals surface area contributed by atoms with E-state index in [4.69, 9.17) is 4.43 Å². The zero-order valence-electron chi connectivity index (χ0n) is 10.4. The number of carbonyl (C=O) groups is 1. The van der Waals surface area contributed by atoms with E-state index in [1.165, 1.54) is 10.4 Å². The fourth-order valence-electron chi connectivity index (χ4n) is 2.40. The molecule has 1 aliphatic rings. The van der Waals surface area contributed by atoms with E-state index in [2.05, 4.69) is 24.3 Å². The Kier molecular flexibility index (Phi) is 3.44. The molecule has 0 N–H and O–H groups in total. The van der Waals surface area contributed by atoms with Gasteiger partial charge in [0.05, 0.1) is 5.75 Å². The van der Waals surface area contributed by atoms with Gasteiger partial charge in [-0.15, -0.1) is 11.8 Å². The van der Waals surface area contributed by atoms with E-state index in [1.54, 1.807) is 11.8 Å². The third-order valence-electron chi connectivity index (χ3n) is 3.29. The maximum absolute atomic E-state index is 11.8. The van der Waals surface area contributed by atoms with Crippen molar-refractivity contribution in [3.05, 3.63) is 60.7 Å². The molecule has 3 rings (SSSR count). The highest BCUT2D eigenvalue weighted by Crippen LogP contribution is 2.20. The van der Waals surface area contributed by atoms with Crippen LogP contribution in [0.2, 0.25) is 0 Å². The molecule has 2 aromatic carbocycles. The number of rotatable bonds is 2. The molecule has 1 saturated heterocycles. The van der Waals surface area contributed by atoms with Crippen LogP contribution in [0, 0.1) is 0 Å². The molecule has 0 radical (unpaired) electrons. The molecule has 0 spiro atoms. The van der Waals surface area contributed by atoms with Crippen LogP contribution in [0.25, 0.3) is 0 Å². The fourth-order valence-corrected chi connectivity index (χ4v) is 8.35. The topological polar surface area (TPSA) is 26.3 Å². The summed E-state index contributed by atoms with van der Waals surface area (Å²) in [7, 11) is -2.38. The molecule has 0 aliphatic carbocycles. The van der Waals surface area contributed by atoms with E-state index in [9.17, 15) is 4.79 Å². The van der Waals surface area contributed by atoms with Gasteiger partial charge in [0, 0.05) is 5.38 Å². The molecule has 0 bridgehead atoms. The lowest BCUT2D eigenvalue weighted by molar-refractivity contribution is -0.132. The first kappa shape index (κ1) is 12.5. The Bertz CT molecular complexity index is 532. The van der Waals surface area contributed by atoms with Crippen LogP contribution in [0.1, 0.15) is 0 Å². The highest BCUT2D eigenvalue weighted by molar-refractivity contribution is 8.02.